The second kappa shape index (κ2) is 9.06. The van der Waals surface area contributed by atoms with E-state index in [4.69, 9.17) is 9.97 Å². The van der Waals surface area contributed by atoms with Crippen molar-refractivity contribution < 1.29 is 4.79 Å². The van der Waals surface area contributed by atoms with Crippen LogP contribution in [0.1, 0.15) is 21.5 Å². The van der Waals surface area contributed by atoms with Crippen molar-refractivity contribution in [3.05, 3.63) is 113 Å². The van der Waals surface area contributed by atoms with Crippen LogP contribution in [-0.4, -0.2) is 15.9 Å². The predicted octanol–water partition coefficient (Wildman–Crippen LogP) is 7.73. The first kappa shape index (κ1) is 21.6. The highest BCUT2D eigenvalue weighted by molar-refractivity contribution is 7.22. The van der Waals surface area contributed by atoms with E-state index in [9.17, 15) is 4.79 Å². The van der Waals surface area contributed by atoms with Gasteiger partial charge in [-0.05, 0) is 53.8 Å². The van der Waals surface area contributed by atoms with E-state index < -0.39 is 0 Å². The summed E-state index contributed by atoms with van der Waals surface area (Å²) in [6.45, 7) is 2.50. The first-order valence-corrected chi connectivity index (χ1v) is 13.0. The molecule has 0 saturated heterocycles. The number of hydrogen-bond acceptors (Lipinski definition) is 5. The molecule has 6 heteroatoms. The first-order chi connectivity index (χ1) is 17.2. The van der Waals surface area contributed by atoms with Gasteiger partial charge in [-0.1, -0.05) is 72.0 Å². The lowest BCUT2D eigenvalue weighted by Gasteiger charge is -2.21. The Bertz CT molecular complexity index is 1660. The highest BCUT2D eigenvalue weighted by atomic mass is 32.1. The van der Waals surface area contributed by atoms with Gasteiger partial charge in [-0.15, -0.1) is 11.3 Å². The fraction of sp³-hybridized carbons (Fsp3) is 0.0690. The van der Waals surface area contributed by atoms with Crippen molar-refractivity contribution in [2.24, 2.45) is 0 Å². The molecule has 35 heavy (non-hydrogen) atoms. The van der Waals surface area contributed by atoms with E-state index in [0.29, 0.717) is 17.2 Å². The molecule has 0 atom stereocenters. The van der Waals surface area contributed by atoms with Gasteiger partial charge in [-0.3, -0.25) is 9.69 Å². The van der Waals surface area contributed by atoms with Crippen LogP contribution in [0, 0.1) is 6.92 Å². The molecule has 3 aromatic carbocycles. The number of aryl methyl sites for hydroxylation is 1. The number of aromatic nitrogens is 2. The van der Waals surface area contributed by atoms with E-state index in [1.807, 2.05) is 84.2 Å². The molecule has 0 spiro atoms. The van der Waals surface area contributed by atoms with E-state index in [1.165, 1.54) is 5.56 Å². The molecule has 0 fully saturated rings. The predicted molar refractivity (Wildman–Crippen MR) is 146 cm³/mol. The Morgan fingerprint density at radius 2 is 1.69 bits per heavy atom. The summed E-state index contributed by atoms with van der Waals surface area (Å²) in [6, 6.07) is 30.1. The van der Waals surface area contributed by atoms with Crippen LogP contribution in [0.5, 0.6) is 0 Å². The molecule has 6 rings (SSSR count). The number of amides is 1. The molecule has 4 nitrogen and oxygen atoms in total. The Kier molecular flexibility index (Phi) is 5.60. The summed E-state index contributed by atoms with van der Waals surface area (Å²) >= 11 is 3.17. The third kappa shape index (κ3) is 4.22. The van der Waals surface area contributed by atoms with Gasteiger partial charge in [0.1, 0.15) is 0 Å². The number of para-hydroxylation sites is 1. The number of benzene rings is 3. The lowest BCUT2D eigenvalue weighted by Crippen LogP contribution is -2.30. The molecule has 6 aromatic rings. The number of rotatable bonds is 5. The van der Waals surface area contributed by atoms with Crippen molar-refractivity contribution >= 4 is 54.8 Å². The van der Waals surface area contributed by atoms with Gasteiger partial charge in [0.25, 0.3) is 5.91 Å². The highest BCUT2D eigenvalue weighted by Crippen LogP contribution is 2.34. The highest BCUT2D eigenvalue weighted by Gasteiger charge is 2.24. The number of hydrogen-bond donors (Lipinski definition) is 0. The molecule has 0 saturated carbocycles. The second-order valence-corrected chi connectivity index (χ2v) is 10.4. The number of pyridine rings is 1. The number of fused-ring (bicyclic) bond motifs is 2. The van der Waals surface area contributed by atoms with Gasteiger partial charge in [-0.2, -0.15) is 0 Å². The Morgan fingerprint density at radius 1 is 0.857 bits per heavy atom. The minimum absolute atomic E-state index is 0.0824. The van der Waals surface area contributed by atoms with Crippen molar-refractivity contribution in [3.63, 3.8) is 0 Å². The summed E-state index contributed by atoms with van der Waals surface area (Å²) < 4.78 is 1.07. The standard InChI is InChI=1S/C29H21N3OS2/c1-19-13-14-24-27(16-19)35-29(31-24)32(18-20-8-3-2-4-9-20)28(33)22-17-25(26-12-7-15-34-26)30-23-11-6-5-10-21(22)23/h2-17H,18H2,1H3. The van der Waals surface area contributed by atoms with Crippen LogP contribution in [0.3, 0.4) is 0 Å². The van der Waals surface area contributed by atoms with Crippen LogP contribution in [0.4, 0.5) is 5.13 Å². The average Bonchev–Trinajstić information content (AvgIpc) is 3.57. The number of carbonyl (C=O) groups is 1. The molecule has 1 amide bonds. The molecule has 3 heterocycles. The SMILES string of the molecule is Cc1ccc2nc(N(Cc3ccccc3)C(=O)c3cc(-c4cccs4)nc4ccccc34)sc2c1. The van der Waals surface area contributed by atoms with Crippen LogP contribution >= 0.6 is 22.7 Å². The summed E-state index contributed by atoms with van der Waals surface area (Å²) in [7, 11) is 0. The molecule has 3 aromatic heterocycles. The van der Waals surface area contributed by atoms with Crippen LogP contribution < -0.4 is 4.90 Å². The lowest BCUT2D eigenvalue weighted by atomic mass is 10.1. The molecular formula is C29H21N3OS2. The molecule has 170 valence electrons. The zero-order valence-electron chi connectivity index (χ0n) is 19.0. The molecule has 0 aliphatic heterocycles. The van der Waals surface area contributed by atoms with Crippen LogP contribution in [0.15, 0.2) is 96.4 Å². The Balaban J connectivity index is 1.52. The average molecular weight is 492 g/mol. The number of nitrogens with zero attached hydrogens (tertiary/aromatic N) is 3. The number of thiazole rings is 1. The number of anilines is 1. The third-order valence-corrected chi connectivity index (χ3v) is 7.85. The Labute approximate surface area is 211 Å². The lowest BCUT2D eigenvalue weighted by molar-refractivity contribution is 0.0986. The van der Waals surface area contributed by atoms with Gasteiger partial charge < -0.3 is 0 Å². The van der Waals surface area contributed by atoms with Gasteiger partial charge >= 0.3 is 0 Å². The van der Waals surface area contributed by atoms with Gasteiger partial charge in [0, 0.05) is 5.39 Å². The van der Waals surface area contributed by atoms with E-state index >= 15 is 0 Å². The monoisotopic (exact) mass is 491 g/mol. The molecule has 0 N–H and O–H groups in total. The summed E-state index contributed by atoms with van der Waals surface area (Å²) in [6.07, 6.45) is 0. The van der Waals surface area contributed by atoms with Crippen molar-refractivity contribution in [2.75, 3.05) is 4.90 Å². The van der Waals surface area contributed by atoms with Crippen molar-refractivity contribution in [1.29, 1.82) is 0 Å². The third-order valence-electron chi connectivity index (χ3n) is 5.91. The topological polar surface area (TPSA) is 46.1 Å². The molecular weight excluding hydrogens is 470 g/mol. The Hall–Kier alpha value is -3.87. The minimum atomic E-state index is -0.0824. The number of carbonyl (C=O) groups excluding carboxylic acids is 1. The fourth-order valence-electron chi connectivity index (χ4n) is 4.18. The summed E-state index contributed by atoms with van der Waals surface area (Å²) in [5.74, 6) is -0.0824. The van der Waals surface area contributed by atoms with Crippen LogP contribution in [0.25, 0.3) is 31.7 Å². The van der Waals surface area contributed by atoms with Gasteiger partial charge in [0.2, 0.25) is 0 Å². The largest absolute Gasteiger partial charge is 0.279 e. The summed E-state index contributed by atoms with van der Waals surface area (Å²) in [5.41, 5.74) is 5.37. The summed E-state index contributed by atoms with van der Waals surface area (Å²) in [5, 5.41) is 3.56. The maximum Gasteiger partial charge on any atom is 0.261 e. The van der Waals surface area contributed by atoms with E-state index in [-0.39, 0.29) is 5.91 Å². The zero-order chi connectivity index (χ0) is 23.8. The molecule has 0 aliphatic rings. The second-order valence-electron chi connectivity index (χ2n) is 8.39. The smallest absolute Gasteiger partial charge is 0.261 e. The quantitative estimate of drug-likeness (QED) is 0.248. The Morgan fingerprint density at radius 3 is 2.51 bits per heavy atom. The van der Waals surface area contributed by atoms with Crippen LogP contribution in [0.2, 0.25) is 0 Å². The van der Waals surface area contributed by atoms with Gasteiger partial charge in [0.05, 0.1) is 38.4 Å². The van der Waals surface area contributed by atoms with Gasteiger partial charge in [0.15, 0.2) is 5.13 Å². The summed E-state index contributed by atoms with van der Waals surface area (Å²) in [4.78, 5) is 26.8. The molecule has 0 bridgehead atoms. The normalized spacial score (nSPS) is 11.2. The van der Waals surface area contributed by atoms with Crippen molar-refractivity contribution in [1.82, 2.24) is 9.97 Å². The van der Waals surface area contributed by atoms with E-state index in [2.05, 4.69) is 19.1 Å². The molecule has 0 radical (unpaired) electrons. The maximum atomic E-state index is 14.3. The maximum absolute atomic E-state index is 14.3. The van der Waals surface area contributed by atoms with E-state index in [1.54, 1.807) is 27.6 Å². The zero-order valence-corrected chi connectivity index (χ0v) is 20.6. The fourth-order valence-corrected chi connectivity index (χ4v) is 5.92. The van der Waals surface area contributed by atoms with Crippen LogP contribution in [-0.2, 0) is 6.54 Å². The number of thiophene rings is 1. The van der Waals surface area contributed by atoms with Crippen molar-refractivity contribution in [2.45, 2.75) is 13.5 Å². The van der Waals surface area contributed by atoms with Crippen molar-refractivity contribution in [3.8, 4) is 10.6 Å². The molecule has 0 unspecified atom stereocenters. The molecule has 0 aliphatic carbocycles. The minimum Gasteiger partial charge on any atom is -0.279 e. The van der Waals surface area contributed by atoms with E-state index in [0.717, 1.165) is 37.3 Å². The first-order valence-electron chi connectivity index (χ1n) is 11.3. The van der Waals surface area contributed by atoms with Gasteiger partial charge in [-0.25, -0.2) is 9.97 Å².